The van der Waals surface area contributed by atoms with Gasteiger partial charge in [-0.15, -0.1) is 0 Å². The summed E-state index contributed by atoms with van der Waals surface area (Å²) >= 11 is 0. The van der Waals surface area contributed by atoms with Gasteiger partial charge in [0.05, 0.1) is 6.61 Å². The number of esters is 3. The van der Waals surface area contributed by atoms with Crippen LogP contribution in [0.3, 0.4) is 0 Å². The fraction of sp³-hybridized carbons (Fsp3) is 0.803. The Kier molecular flexibility index (Phi) is 45.9. The number of carboxylic acid groups (broad SMARTS) is 1. The van der Waals surface area contributed by atoms with Gasteiger partial charge in [0.1, 0.15) is 18.8 Å². The standard InChI is InChI=1S/C61H106O12/c1-4-7-10-13-16-19-22-25-27-30-32-35-38-41-44-47-53(62)69-50-52(71-54(63)48-45-42-39-36-33-29-24-21-18-15-12-9-6-3)51-70-61-59(57(66)56(65)58(73-61)60(67)68)72-55(64)49-46-43-40-37-34-31-28-26-23-20-17-14-11-8-5-2/h16-17,19-20,25-28,52,56-59,61,65-66H,4-15,18,21-24,29-51H2,1-3H3,(H,67,68)/b19-16-,20-17-,27-25-,28-26-. The Morgan fingerprint density at radius 3 is 1.26 bits per heavy atom. The Balaban J connectivity index is 2.71. The van der Waals surface area contributed by atoms with Gasteiger partial charge in [-0.25, -0.2) is 4.79 Å². The summed E-state index contributed by atoms with van der Waals surface area (Å²) in [5.74, 6) is -3.14. The van der Waals surface area contributed by atoms with E-state index in [2.05, 4.69) is 69.4 Å². The molecule has 0 amide bonds. The first-order chi connectivity index (χ1) is 35.6. The molecule has 0 aliphatic carbocycles. The summed E-state index contributed by atoms with van der Waals surface area (Å²) in [6.07, 6.45) is 46.4. The van der Waals surface area contributed by atoms with E-state index in [1.807, 2.05) is 0 Å². The minimum Gasteiger partial charge on any atom is -0.479 e. The molecule has 12 nitrogen and oxygen atoms in total. The fourth-order valence-corrected chi connectivity index (χ4v) is 8.78. The second-order valence-corrected chi connectivity index (χ2v) is 20.3. The average molecular weight is 1030 g/mol. The number of aliphatic hydroxyl groups excluding tert-OH is 2. The van der Waals surface area contributed by atoms with Gasteiger partial charge < -0.3 is 39.0 Å². The number of carbonyl (C=O) groups excluding carboxylic acids is 3. The lowest BCUT2D eigenvalue weighted by Gasteiger charge is -2.40. The van der Waals surface area contributed by atoms with Crippen molar-refractivity contribution in [3.8, 4) is 0 Å². The van der Waals surface area contributed by atoms with Gasteiger partial charge in [0.25, 0.3) is 0 Å². The maximum absolute atomic E-state index is 13.1. The molecule has 3 N–H and O–H groups in total. The third kappa shape index (κ3) is 39.7. The van der Waals surface area contributed by atoms with Gasteiger partial charge in [-0.05, 0) is 83.5 Å². The van der Waals surface area contributed by atoms with Crippen molar-refractivity contribution in [1.29, 1.82) is 0 Å². The number of aliphatic hydroxyl groups is 2. The van der Waals surface area contributed by atoms with Crippen molar-refractivity contribution in [1.82, 2.24) is 0 Å². The van der Waals surface area contributed by atoms with E-state index >= 15 is 0 Å². The molecule has 1 aliphatic rings. The Hall–Kier alpha value is -3.32. The molecule has 1 rings (SSSR count). The van der Waals surface area contributed by atoms with Crippen molar-refractivity contribution < 1.29 is 58.2 Å². The Morgan fingerprint density at radius 2 is 0.822 bits per heavy atom. The molecule has 0 aromatic carbocycles. The van der Waals surface area contributed by atoms with Crippen LogP contribution in [0.1, 0.15) is 265 Å². The van der Waals surface area contributed by atoms with Crippen molar-refractivity contribution >= 4 is 23.9 Å². The van der Waals surface area contributed by atoms with E-state index in [0.717, 1.165) is 109 Å². The lowest BCUT2D eigenvalue weighted by molar-refractivity contribution is -0.301. The van der Waals surface area contributed by atoms with Crippen LogP contribution in [0.25, 0.3) is 0 Å². The van der Waals surface area contributed by atoms with E-state index in [9.17, 15) is 34.5 Å². The highest BCUT2D eigenvalue weighted by molar-refractivity contribution is 5.74. The SMILES string of the molecule is CCCCC/C=C\C/C=C\CCCCCCCC(=O)OCC(COC1OC(C(=O)O)C(O)C(O)C1OC(=O)CCCCCCC/C=C\C/C=C\CCCCC)OC(=O)CCCCCCCCCCCCCCC. The molecule has 422 valence electrons. The van der Waals surface area contributed by atoms with Gasteiger partial charge in [-0.1, -0.05) is 211 Å². The largest absolute Gasteiger partial charge is 0.479 e. The molecule has 73 heavy (non-hydrogen) atoms. The highest BCUT2D eigenvalue weighted by Gasteiger charge is 2.50. The van der Waals surface area contributed by atoms with Crippen LogP contribution < -0.4 is 0 Å². The molecular formula is C61H106O12. The molecular weight excluding hydrogens is 925 g/mol. The van der Waals surface area contributed by atoms with Crippen LogP contribution in [0.2, 0.25) is 0 Å². The molecule has 0 aromatic rings. The smallest absolute Gasteiger partial charge is 0.335 e. The molecule has 1 fully saturated rings. The summed E-state index contributed by atoms with van der Waals surface area (Å²) < 4.78 is 28.4. The highest BCUT2D eigenvalue weighted by atomic mass is 16.7. The predicted molar refractivity (Wildman–Crippen MR) is 294 cm³/mol. The Morgan fingerprint density at radius 1 is 0.452 bits per heavy atom. The second-order valence-electron chi connectivity index (χ2n) is 20.3. The highest BCUT2D eigenvalue weighted by Crippen LogP contribution is 2.26. The quantitative estimate of drug-likeness (QED) is 0.0228. The third-order valence-corrected chi connectivity index (χ3v) is 13.4. The van der Waals surface area contributed by atoms with Crippen molar-refractivity contribution in [2.45, 2.75) is 302 Å². The van der Waals surface area contributed by atoms with Crippen LogP contribution in [0.5, 0.6) is 0 Å². The molecule has 12 heteroatoms. The normalized spacial score (nSPS) is 18.6. The maximum atomic E-state index is 13.1. The van der Waals surface area contributed by atoms with E-state index in [1.54, 1.807) is 0 Å². The summed E-state index contributed by atoms with van der Waals surface area (Å²) in [6.45, 7) is 5.93. The van der Waals surface area contributed by atoms with E-state index in [4.69, 9.17) is 23.7 Å². The number of ether oxygens (including phenoxy) is 5. The molecule has 0 radical (unpaired) electrons. The first-order valence-electron chi connectivity index (χ1n) is 29.6. The summed E-state index contributed by atoms with van der Waals surface area (Å²) in [5.41, 5.74) is 0. The zero-order valence-electron chi connectivity index (χ0n) is 46.4. The lowest BCUT2D eigenvalue weighted by Crippen LogP contribution is -2.61. The number of carbonyl (C=O) groups is 4. The first-order valence-corrected chi connectivity index (χ1v) is 29.6. The molecule has 0 bridgehead atoms. The lowest BCUT2D eigenvalue weighted by atomic mass is 9.98. The maximum Gasteiger partial charge on any atom is 0.335 e. The van der Waals surface area contributed by atoms with Crippen LogP contribution in [0.4, 0.5) is 0 Å². The third-order valence-electron chi connectivity index (χ3n) is 13.4. The topological polar surface area (TPSA) is 175 Å². The summed E-state index contributed by atoms with van der Waals surface area (Å²) in [6, 6.07) is 0. The molecule has 1 aliphatic heterocycles. The van der Waals surface area contributed by atoms with E-state index in [0.29, 0.717) is 19.3 Å². The van der Waals surface area contributed by atoms with Gasteiger partial charge >= 0.3 is 23.9 Å². The predicted octanol–water partition coefficient (Wildman–Crippen LogP) is 15.0. The number of carboxylic acids is 1. The average Bonchev–Trinajstić information content (AvgIpc) is 3.37. The van der Waals surface area contributed by atoms with Gasteiger partial charge in [0.15, 0.2) is 24.6 Å². The summed E-state index contributed by atoms with van der Waals surface area (Å²) in [4.78, 5) is 51.1. The number of rotatable bonds is 50. The number of allylic oxidation sites excluding steroid dienone is 8. The zero-order valence-corrected chi connectivity index (χ0v) is 46.4. The molecule has 1 heterocycles. The number of hydrogen-bond acceptors (Lipinski definition) is 11. The molecule has 1 saturated heterocycles. The number of unbranched alkanes of at least 4 members (excludes halogenated alkanes) is 28. The van der Waals surface area contributed by atoms with Crippen LogP contribution in [-0.4, -0.2) is 89.2 Å². The zero-order chi connectivity index (χ0) is 53.3. The first kappa shape index (κ1) is 67.7. The van der Waals surface area contributed by atoms with Crippen LogP contribution in [-0.2, 0) is 42.9 Å². The minimum absolute atomic E-state index is 0.0446. The van der Waals surface area contributed by atoms with E-state index < -0.39 is 67.3 Å². The monoisotopic (exact) mass is 1030 g/mol. The van der Waals surface area contributed by atoms with Gasteiger partial charge in [0, 0.05) is 19.3 Å². The van der Waals surface area contributed by atoms with Crippen LogP contribution in [0, 0.1) is 0 Å². The van der Waals surface area contributed by atoms with Gasteiger partial charge in [0.2, 0.25) is 0 Å². The van der Waals surface area contributed by atoms with Crippen LogP contribution in [0.15, 0.2) is 48.6 Å². The molecule has 6 unspecified atom stereocenters. The molecule has 0 aromatic heterocycles. The van der Waals surface area contributed by atoms with Crippen molar-refractivity contribution in [3.05, 3.63) is 48.6 Å². The summed E-state index contributed by atoms with van der Waals surface area (Å²) in [7, 11) is 0. The van der Waals surface area contributed by atoms with Gasteiger partial charge in [-0.3, -0.25) is 14.4 Å². The molecule has 0 spiro atoms. The van der Waals surface area contributed by atoms with Crippen molar-refractivity contribution in [2.24, 2.45) is 0 Å². The second kappa shape index (κ2) is 49.6. The summed E-state index contributed by atoms with van der Waals surface area (Å²) in [5, 5.41) is 31.5. The fourth-order valence-electron chi connectivity index (χ4n) is 8.78. The van der Waals surface area contributed by atoms with Crippen molar-refractivity contribution in [2.75, 3.05) is 13.2 Å². The Labute approximate surface area is 443 Å². The van der Waals surface area contributed by atoms with Crippen LogP contribution >= 0.6 is 0 Å². The van der Waals surface area contributed by atoms with E-state index in [1.165, 1.54) is 96.3 Å². The van der Waals surface area contributed by atoms with E-state index in [-0.39, 0.29) is 25.9 Å². The number of hydrogen-bond donors (Lipinski definition) is 3. The number of aliphatic carboxylic acids is 1. The Bertz CT molecular complexity index is 1460. The van der Waals surface area contributed by atoms with Gasteiger partial charge in [-0.2, -0.15) is 0 Å². The molecule has 6 atom stereocenters. The van der Waals surface area contributed by atoms with Crippen molar-refractivity contribution in [3.63, 3.8) is 0 Å². The molecule has 0 saturated carbocycles. The minimum atomic E-state index is -1.91.